The Bertz CT molecular complexity index is 758. The number of rotatable bonds is 35. The van der Waals surface area contributed by atoms with Crippen LogP contribution in [0.1, 0.15) is 181 Å². The van der Waals surface area contributed by atoms with Gasteiger partial charge in [0.25, 0.3) is 0 Å². The van der Waals surface area contributed by atoms with E-state index in [9.17, 15) is 14.4 Å². The first-order valence-electron chi connectivity index (χ1n) is 19.9. The third-order valence-electron chi connectivity index (χ3n) is 8.90. The summed E-state index contributed by atoms with van der Waals surface area (Å²) in [6.07, 6.45) is 30.6. The Hall–Kier alpha value is -2.10. The number of amides is 3. The molecule has 0 spiro atoms. The maximum Gasteiger partial charge on any atom is 0.404 e. The molecule has 0 unspecified atom stereocenters. The summed E-state index contributed by atoms with van der Waals surface area (Å²) in [5, 5.41) is 20.0. The molecule has 0 heterocycles. The first-order valence-corrected chi connectivity index (χ1v) is 20.3. The Morgan fingerprint density at radius 2 is 0.812 bits per heavy atom. The van der Waals surface area contributed by atoms with Crippen molar-refractivity contribution in [2.75, 3.05) is 39.3 Å². The molecule has 0 bridgehead atoms. The predicted octanol–water partition coefficient (Wildman–Crippen LogP) is 8.85. The van der Waals surface area contributed by atoms with Gasteiger partial charge >= 0.3 is 6.09 Å². The van der Waals surface area contributed by atoms with Crippen molar-refractivity contribution >= 4 is 35.2 Å². The third kappa shape index (κ3) is 33.8. The van der Waals surface area contributed by atoms with Crippen molar-refractivity contribution in [3.8, 4) is 0 Å². The van der Waals surface area contributed by atoms with E-state index < -0.39 is 6.09 Å². The van der Waals surface area contributed by atoms with Gasteiger partial charge in [-0.05, 0) is 25.1 Å². The third-order valence-corrected chi connectivity index (χ3v) is 9.19. The summed E-state index contributed by atoms with van der Waals surface area (Å²) in [5.74, 6) is -0.0415. The molecule has 9 nitrogen and oxygen atoms in total. The van der Waals surface area contributed by atoms with Gasteiger partial charge in [0, 0.05) is 52.1 Å². The highest BCUT2D eigenvalue weighted by Crippen LogP contribution is 2.14. The van der Waals surface area contributed by atoms with E-state index in [1.807, 2.05) is 4.90 Å². The monoisotopic (exact) mass is 698 g/mol. The maximum atomic E-state index is 13.2. The molecule has 10 heteroatoms. The Balaban J connectivity index is 4.29. The number of hydrogen-bond acceptors (Lipinski definition) is 4. The molecule has 5 N–H and O–H groups in total. The molecule has 0 atom stereocenters. The zero-order chi connectivity index (χ0) is 35.3. The Kier molecular flexibility index (Phi) is 34.6. The number of nitrogens with zero attached hydrogens (tertiary/aromatic N) is 1. The normalized spacial score (nSPS) is 10.9. The van der Waals surface area contributed by atoms with Crippen LogP contribution in [0.4, 0.5) is 4.79 Å². The summed E-state index contributed by atoms with van der Waals surface area (Å²) in [5.41, 5.74) is 0. The van der Waals surface area contributed by atoms with Gasteiger partial charge in [0.1, 0.15) is 0 Å². The van der Waals surface area contributed by atoms with Gasteiger partial charge in [-0.15, -0.1) is 0 Å². The summed E-state index contributed by atoms with van der Waals surface area (Å²) < 4.78 is 0. The number of nitrogens with one attached hydrogen (secondary N) is 4. The van der Waals surface area contributed by atoms with Gasteiger partial charge in [0.05, 0.1) is 0 Å². The molecule has 3 amide bonds. The highest BCUT2D eigenvalue weighted by molar-refractivity contribution is 7.80. The Morgan fingerprint density at radius 1 is 0.479 bits per heavy atom. The molecule has 0 aliphatic carbocycles. The molecular formula is C38H75N5O4S. The van der Waals surface area contributed by atoms with Crippen molar-refractivity contribution in [1.82, 2.24) is 26.2 Å². The minimum absolute atomic E-state index is 0.0924. The molecule has 0 rings (SSSR count). The van der Waals surface area contributed by atoms with Crippen LogP contribution in [0, 0.1) is 0 Å². The van der Waals surface area contributed by atoms with Crippen LogP contribution in [0.3, 0.4) is 0 Å². The number of thiocarbonyl (C=S) groups is 1. The van der Waals surface area contributed by atoms with Crippen molar-refractivity contribution in [2.45, 2.75) is 181 Å². The standard InChI is InChI=1S/C38H75N5O4S/c1-3-5-7-9-11-13-15-17-19-21-23-25-33-43(34-26-24-22-20-18-16-14-12-10-8-6-4-2)36(45)28-27-35(44)39-29-30-40-37(48)41-31-32-42-38(46)47/h42H,3-34H2,1-2H3,(H,39,44)(H,46,47)(H2,40,41,48). The summed E-state index contributed by atoms with van der Waals surface area (Å²) in [6.45, 7) is 7.59. The molecular weight excluding hydrogens is 623 g/mol. The largest absolute Gasteiger partial charge is 0.465 e. The zero-order valence-electron chi connectivity index (χ0n) is 31.2. The molecule has 0 aliphatic rings. The molecule has 0 aromatic heterocycles. The predicted molar refractivity (Wildman–Crippen MR) is 206 cm³/mol. The van der Waals surface area contributed by atoms with Gasteiger partial charge in [-0.2, -0.15) is 0 Å². The van der Waals surface area contributed by atoms with E-state index in [2.05, 4.69) is 35.1 Å². The molecule has 0 saturated heterocycles. The van der Waals surface area contributed by atoms with E-state index in [1.54, 1.807) is 0 Å². The molecule has 0 aliphatic heterocycles. The van der Waals surface area contributed by atoms with Crippen LogP contribution < -0.4 is 21.3 Å². The minimum Gasteiger partial charge on any atom is -0.465 e. The Labute approximate surface area is 300 Å². The lowest BCUT2D eigenvalue weighted by Crippen LogP contribution is -2.42. The Morgan fingerprint density at radius 3 is 1.19 bits per heavy atom. The number of carbonyl (C=O) groups excluding carboxylic acids is 2. The second-order valence-electron chi connectivity index (χ2n) is 13.4. The summed E-state index contributed by atoms with van der Waals surface area (Å²) >= 11 is 5.15. The first-order chi connectivity index (χ1) is 23.4. The van der Waals surface area contributed by atoms with Gasteiger partial charge in [-0.1, -0.05) is 155 Å². The van der Waals surface area contributed by atoms with Crippen molar-refractivity contribution in [2.24, 2.45) is 0 Å². The molecule has 48 heavy (non-hydrogen) atoms. The summed E-state index contributed by atoms with van der Waals surface area (Å²) in [6, 6.07) is 0. The van der Waals surface area contributed by atoms with E-state index >= 15 is 0 Å². The lowest BCUT2D eigenvalue weighted by molar-refractivity contribution is -0.133. The molecule has 0 fully saturated rings. The fourth-order valence-corrected chi connectivity index (χ4v) is 6.11. The van der Waals surface area contributed by atoms with Gasteiger partial charge in [0.15, 0.2) is 5.11 Å². The van der Waals surface area contributed by atoms with Crippen LogP contribution in [-0.2, 0) is 9.59 Å². The molecule has 0 aromatic rings. The average Bonchev–Trinajstić information content (AvgIpc) is 3.07. The van der Waals surface area contributed by atoms with Gasteiger partial charge in [0.2, 0.25) is 11.8 Å². The zero-order valence-corrected chi connectivity index (χ0v) is 32.0. The van der Waals surface area contributed by atoms with Crippen LogP contribution in [-0.4, -0.2) is 72.3 Å². The van der Waals surface area contributed by atoms with Crippen molar-refractivity contribution in [3.63, 3.8) is 0 Å². The highest BCUT2D eigenvalue weighted by Gasteiger charge is 2.15. The highest BCUT2D eigenvalue weighted by atomic mass is 32.1. The summed E-state index contributed by atoms with van der Waals surface area (Å²) in [7, 11) is 0. The lowest BCUT2D eigenvalue weighted by atomic mass is 10.0. The number of unbranched alkanes of at least 4 members (excludes halogenated alkanes) is 22. The van der Waals surface area contributed by atoms with Crippen LogP contribution in [0.5, 0.6) is 0 Å². The van der Waals surface area contributed by atoms with Crippen molar-refractivity contribution in [3.05, 3.63) is 0 Å². The quantitative estimate of drug-likeness (QED) is 0.0331. The van der Waals surface area contributed by atoms with Crippen LogP contribution in [0.15, 0.2) is 0 Å². The first kappa shape index (κ1) is 45.9. The van der Waals surface area contributed by atoms with Crippen molar-refractivity contribution < 1.29 is 19.5 Å². The van der Waals surface area contributed by atoms with E-state index in [4.69, 9.17) is 17.3 Å². The number of carbonyl (C=O) groups is 3. The topological polar surface area (TPSA) is 123 Å². The van der Waals surface area contributed by atoms with Gasteiger partial charge < -0.3 is 31.3 Å². The maximum absolute atomic E-state index is 13.2. The van der Waals surface area contributed by atoms with Crippen LogP contribution in [0.2, 0.25) is 0 Å². The average molecular weight is 698 g/mol. The number of hydrogen-bond donors (Lipinski definition) is 5. The van der Waals surface area contributed by atoms with Crippen LogP contribution >= 0.6 is 12.2 Å². The second kappa shape index (κ2) is 36.2. The molecule has 0 saturated carbocycles. The number of carboxylic acid groups (broad SMARTS) is 1. The van der Waals surface area contributed by atoms with E-state index in [1.165, 1.54) is 141 Å². The molecule has 0 aromatic carbocycles. The fraction of sp³-hybridized carbons (Fsp3) is 0.895. The lowest BCUT2D eigenvalue weighted by Gasteiger charge is -2.23. The van der Waals surface area contributed by atoms with Gasteiger partial charge in [-0.25, -0.2) is 4.79 Å². The van der Waals surface area contributed by atoms with E-state index in [-0.39, 0.29) is 31.2 Å². The van der Waals surface area contributed by atoms with Gasteiger partial charge in [-0.3, -0.25) is 9.59 Å². The SMILES string of the molecule is CCCCCCCCCCCCCCN(CCCCCCCCCCCCCC)C(=O)CCC(=O)NCCNC(=S)NCCNC(=O)O. The van der Waals surface area contributed by atoms with E-state index in [0.29, 0.717) is 24.7 Å². The molecule has 0 radical (unpaired) electrons. The van der Waals surface area contributed by atoms with E-state index in [0.717, 1.165) is 25.9 Å². The second-order valence-corrected chi connectivity index (χ2v) is 13.8. The smallest absolute Gasteiger partial charge is 0.404 e. The fourth-order valence-electron chi connectivity index (χ4n) is 5.90. The van der Waals surface area contributed by atoms with Crippen LogP contribution in [0.25, 0.3) is 0 Å². The minimum atomic E-state index is -1.08. The summed E-state index contributed by atoms with van der Waals surface area (Å²) in [4.78, 5) is 38.1. The molecule has 282 valence electrons. The van der Waals surface area contributed by atoms with Crippen molar-refractivity contribution in [1.29, 1.82) is 0 Å².